The predicted octanol–water partition coefficient (Wildman–Crippen LogP) is 3.34. The van der Waals surface area contributed by atoms with Gasteiger partial charge < -0.3 is 9.84 Å². The Morgan fingerprint density at radius 2 is 2.25 bits per heavy atom. The van der Waals surface area contributed by atoms with E-state index in [0.29, 0.717) is 12.2 Å². The predicted molar refractivity (Wildman–Crippen MR) is 66.6 cm³/mol. The number of ether oxygens (including phenoxy) is 1. The molecule has 0 aliphatic rings. The average Bonchev–Trinajstić information content (AvgIpc) is 2.25. The number of hydrogen-bond donors (Lipinski definition) is 1. The van der Waals surface area contributed by atoms with Gasteiger partial charge in [-0.25, -0.2) is 4.79 Å². The van der Waals surface area contributed by atoms with Crippen molar-refractivity contribution in [3.05, 3.63) is 34.3 Å². The van der Waals surface area contributed by atoms with Crippen molar-refractivity contribution in [2.45, 2.75) is 13.3 Å². The van der Waals surface area contributed by atoms with Gasteiger partial charge in [0.2, 0.25) is 0 Å². The molecule has 16 heavy (non-hydrogen) atoms. The van der Waals surface area contributed by atoms with E-state index >= 15 is 0 Å². The largest absolute Gasteiger partial charge is 0.496 e. The molecule has 3 nitrogen and oxygen atoms in total. The summed E-state index contributed by atoms with van der Waals surface area (Å²) in [6.45, 7) is 1.91. The highest BCUT2D eigenvalue weighted by Crippen LogP contribution is 2.30. The van der Waals surface area contributed by atoms with Gasteiger partial charge in [0.25, 0.3) is 0 Å². The van der Waals surface area contributed by atoms with Crippen molar-refractivity contribution in [1.82, 2.24) is 0 Å². The van der Waals surface area contributed by atoms with E-state index in [0.717, 1.165) is 15.6 Å². The minimum atomic E-state index is -0.945. The fraction of sp³-hybridized carbons (Fsp3) is 0.250. The Morgan fingerprint density at radius 1 is 1.56 bits per heavy atom. The number of aliphatic carboxylic acids is 1. The lowest BCUT2D eigenvalue weighted by atomic mass is 10.0. The summed E-state index contributed by atoms with van der Waals surface area (Å²) in [6.07, 6.45) is 1.85. The first-order valence-corrected chi connectivity index (χ1v) is 5.65. The minimum absolute atomic E-state index is 0.638. The fourth-order valence-electron chi connectivity index (χ4n) is 1.45. The number of methoxy groups -OCH3 is 1. The van der Waals surface area contributed by atoms with Crippen molar-refractivity contribution in [2.75, 3.05) is 7.11 Å². The molecule has 0 bridgehead atoms. The first-order chi connectivity index (χ1) is 7.58. The van der Waals surface area contributed by atoms with Gasteiger partial charge in [0, 0.05) is 16.1 Å². The van der Waals surface area contributed by atoms with Crippen molar-refractivity contribution in [2.24, 2.45) is 0 Å². The van der Waals surface area contributed by atoms with E-state index in [-0.39, 0.29) is 0 Å². The van der Waals surface area contributed by atoms with Crippen LogP contribution in [0.5, 0.6) is 5.75 Å². The maximum Gasteiger partial charge on any atom is 0.328 e. The van der Waals surface area contributed by atoms with Crippen LogP contribution >= 0.6 is 15.9 Å². The highest BCUT2D eigenvalue weighted by Gasteiger charge is 2.09. The third-order valence-electron chi connectivity index (χ3n) is 2.19. The van der Waals surface area contributed by atoms with Crippen LogP contribution in [0.2, 0.25) is 0 Å². The molecule has 0 heterocycles. The van der Waals surface area contributed by atoms with E-state index in [1.165, 1.54) is 6.08 Å². The van der Waals surface area contributed by atoms with Gasteiger partial charge in [-0.15, -0.1) is 0 Å². The number of carboxylic acid groups (broad SMARTS) is 1. The smallest absolute Gasteiger partial charge is 0.328 e. The van der Waals surface area contributed by atoms with Crippen LogP contribution in [0.15, 0.2) is 28.7 Å². The van der Waals surface area contributed by atoms with Crippen LogP contribution in [0, 0.1) is 0 Å². The molecule has 0 unspecified atom stereocenters. The van der Waals surface area contributed by atoms with Crippen LogP contribution in [0.3, 0.4) is 0 Å². The van der Waals surface area contributed by atoms with Crippen LogP contribution in [0.4, 0.5) is 0 Å². The zero-order valence-electron chi connectivity index (χ0n) is 9.16. The number of halogens is 1. The van der Waals surface area contributed by atoms with Crippen molar-refractivity contribution in [1.29, 1.82) is 0 Å². The number of carbonyl (C=O) groups is 1. The monoisotopic (exact) mass is 284 g/mol. The fourth-order valence-corrected chi connectivity index (χ4v) is 1.81. The molecule has 0 saturated heterocycles. The van der Waals surface area contributed by atoms with Crippen molar-refractivity contribution >= 4 is 27.5 Å². The SMILES string of the molecule is CC/C(=C\C(=O)O)c1cc(Br)ccc1OC. The number of allylic oxidation sites excluding steroid dienone is 1. The third kappa shape index (κ3) is 3.10. The van der Waals surface area contributed by atoms with Gasteiger partial charge in [-0.05, 0) is 30.2 Å². The van der Waals surface area contributed by atoms with Crippen LogP contribution < -0.4 is 4.74 Å². The average molecular weight is 285 g/mol. The summed E-state index contributed by atoms with van der Waals surface area (Å²) in [6, 6.07) is 5.53. The van der Waals surface area contributed by atoms with E-state index in [4.69, 9.17) is 9.84 Å². The Bertz CT molecular complexity index is 424. The highest BCUT2D eigenvalue weighted by atomic mass is 79.9. The topological polar surface area (TPSA) is 46.5 Å². The first kappa shape index (κ1) is 12.8. The van der Waals surface area contributed by atoms with Crippen molar-refractivity contribution < 1.29 is 14.6 Å². The number of carboxylic acids is 1. The summed E-state index contributed by atoms with van der Waals surface area (Å²) in [7, 11) is 1.57. The first-order valence-electron chi connectivity index (χ1n) is 4.86. The molecule has 0 radical (unpaired) electrons. The molecule has 0 fully saturated rings. The van der Waals surface area contributed by atoms with Gasteiger partial charge in [0.1, 0.15) is 5.75 Å². The second kappa shape index (κ2) is 5.70. The van der Waals surface area contributed by atoms with E-state index in [9.17, 15) is 4.79 Å². The zero-order valence-corrected chi connectivity index (χ0v) is 10.7. The summed E-state index contributed by atoms with van der Waals surface area (Å²) in [5.41, 5.74) is 1.55. The van der Waals surface area contributed by atoms with Gasteiger partial charge in [-0.3, -0.25) is 0 Å². The van der Waals surface area contributed by atoms with Gasteiger partial charge in [-0.1, -0.05) is 22.9 Å². The number of benzene rings is 1. The molecule has 0 aliphatic heterocycles. The van der Waals surface area contributed by atoms with Crippen LogP contribution in [0.25, 0.3) is 5.57 Å². The van der Waals surface area contributed by atoms with E-state index < -0.39 is 5.97 Å². The molecule has 0 saturated carbocycles. The summed E-state index contributed by atoms with van der Waals surface area (Å²) in [4.78, 5) is 10.7. The molecule has 86 valence electrons. The Kier molecular flexibility index (Phi) is 4.55. The summed E-state index contributed by atoms with van der Waals surface area (Å²) >= 11 is 3.36. The zero-order chi connectivity index (χ0) is 12.1. The van der Waals surface area contributed by atoms with Gasteiger partial charge in [0.05, 0.1) is 7.11 Å². The molecule has 1 rings (SSSR count). The van der Waals surface area contributed by atoms with Gasteiger partial charge in [0.15, 0.2) is 0 Å². The quantitative estimate of drug-likeness (QED) is 0.863. The van der Waals surface area contributed by atoms with Crippen LogP contribution in [-0.4, -0.2) is 18.2 Å². The van der Waals surface area contributed by atoms with E-state index in [1.807, 2.05) is 25.1 Å². The summed E-state index contributed by atoms with van der Waals surface area (Å²) < 4.78 is 6.11. The molecule has 1 aromatic carbocycles. The van der Waals surface area contributed by atoms with Crippen molar-refractivity contribution in [3.8, 4) is 5.75 Å². The van der Waals surface area contributed by atoms with Crippen molar-refractivity contribution in [3.63, 3.8) is 0 Å². The number of rotatable bonds is 4. The second-order valence-corrected chi connectivity index (χ2v) is 4.12. The normalized spacial score (nSPS) is 11.3. The van der Waals surface area contributed by atoms with E-state index in [2.05, 4.69) is 15.9 Å². The van der Waals surface area contributed by atoms with Crippen LogP contribution in [0.1, 0.15) is 18.9 Å². The molecule has 4 heteroatoms. The Balaban J connectivity index is 3.28. The molecular weight excluding hydrogens is 272 g/mol. The lowest BCUT2D eigenvalue weighted by Crippen LogP contribution is -1.95. The Hall–Kier alpha value is -1.29. The standard InChI is InChI=1S/C12H13BrO3/c1-3-8(6-12(14)15)10-7-9(13)4-5-11(10)16-2/h4-7H,3H2,1-2H3,(H,14,15)/b8-6+. The lowest BCUT2D eigenvalue weighted by molar-refractivity contribution is -0.131. The third-order valence-corrected chi connectivity index (χ3v) is 2.68. The lowest BCUT2D eigenvalue weighted by Gasteiger charge is -2.10. The molecule has 0 atom stereocenters. The minimum Gasteiger partial charge on any atom is -0.496 e. The molecule has 1 aromatic rings. The second-order valence-electron chi connectivity index (χ2n) is 3.21. The van der Waals surface area contributed by atoms with E-state index in [1.54, 1.807) is 7.11 Å². The maximum atomic E-state index is 10.7. The molecular formula is C12H13BrO3. The summed E-state index contributed by atoms with van der Waals surface area (Å²) in [5, 5.41) is 8.78. The molecule has 0 amide bonds. The Labute approximate surface area is 103 Å². The van der Waals surface area contributed by atoms with Gasteiger partial charge in [-0.2, -0.15) is 0 Å². The Morgan fingerprint density at radius 3 is 2.75 bits per heavy atom. The van der Waals surface area contributed by atoms with Crippen LogP contribution in [-0.2, 0) is 4.79 Å². The summed E-state index contributed by atoms with van der Waals surface area (Å²) in [5.74, 6) is -0.267. The number of hydrogen-bond acceptors (Lipinski definition) is 2. The molecule has 1 N–H and O–H groups in total. The van der Waals surface area contributed by atoms with Gasteiger partial charge >= 0.3 is 5.97 Å². The highest BCUT2D eigenvalue weighted by molar-refractivity contribution is 9.10. The molecule has 0 spiro atoms. The maximum absolute atomic E-state index is 10.7. The molecule has 0 aliphatic carbocycles. The molecule has 0 aromatic heterocycles.